The maximum Gasteiger partial charge on any atom is 0.337 e. The van der Waals surface area contributed by atoms with Crippen LogP contribution in [0.15, 0.2) is 0 Å². The first kappa shape index (κ1) is 24.8. The van der Waals surface area contributed by atoms with Crippen molar-refractivity contribution >= 4 is 11.9 Å². The minimum absolute atomic E-state index is 0.0662. The Hall–Kier alpha value is -1.22. The number of hydrogen-bond donors (Lipinski definition) is 5. The molecule has 5 N–H and O–H groups in total. The lowest BCUT2D eigenvalue weighted by molar-refractivity contribution is -0.176. The van der Waals surface area contributed by atoms with Gasteiger partial charge < -0.3 is 30.3 Å². The highest BCUT2D eigenvalue weighted by molar-refractivity contribution is 5.76. The van der Waals surface area contributed by atoms with E-state index in [0.29, 0.717) is 6.42 Å². The highest BCUT2D eigenvalue weighted by Crippen LogP contribution is 2.11. The van der Waals surface area contributed by atoms with Gasteiger partial charge in [0.15, 0.2) is 12.2 Å². The van der Waals surface area contributed by atoms with Crippen LogP contribution >= 0.6 is 0 Å². The van der Waals surface area contributed by atoms with Gasteiger partial charge in [0.25, 0.3) is 0 Å². The molecular weight excluding hydrogens is 344 g/mol. The summed E-state index contributed by atoms with van der Waals surface area (Å²) in [6.45, 7) is 2.25. The molecule has 0 amide bonds. The fourth-order valence-electron chi connectivity index (χ4n) is 2.51. The fourth-order valence-corrected chi connectivity index (χ4v) is 2.51. The van der Waals surface area contributed by atoms with Gasteiger partial charge in [0, 0.05) is 0 Å². The van der Waals surface area contributed by atoms with Gasteiger partial charge in [-0.05, 0) is 6.42 Å². The first-order chi connectivity index (χ1) is 12.3. The molecule has 0 aromatic heterocycles. The molecule has 0 aliphatic carbocycles. The Bertz CT molecular complexity index is 387. The largest absolute Gasteiger partial charge is 0.479 e. The van der Waals surface area contributed by atoms with E-state index in [1.165, 1.54) is 38.5 Å². The van der Waals surface area contributed by atoms with Crippen LogP contribution in [0, 0.1) is 0 Å². The zero-order chi connectivity index (χ0) is 19.9. The molecule has 0 saturated carbocycles. The molecule has 0 rings (SSSR count). The van der Waals surface area contributed by atoms with Crippen LogP contribution in [0.3, 0.4) is 0 Å². The van der Waals surface area contributed by atoms with Crippen LogP contribution < -0.4 is 0 Å². The monoisotopic (exact) mass is 378 g/mol. The molecule has 0 fully saturated rings. The Morgan fingerprint density at radius 3 is 1.62 bits per heavy atom. The van der Waals surface area contributed by atoms with E-state index in [1.807, 2.05) is 0 Å². The maximum atomic E-state index is 11.6. The normalized spacial score (nSPS) is 15.9. The molecule has 4 atom stereocenters. The van der Waals surface area contributed by atoms with Gasteiger partial charge in [-0.2, -0.15) is 0 Å². The quantitative estimate of drug-likeness (QED) is 0.197. The molecule has 0 aromatic rings. The van der Waals surface area contributed by atoms with E-state index >= 15 is 0 Å². The lowest BCUT2D eigenvalue weighted by Gasteiger charge is -2.23. The summed E-state index contributed by atoms with van der Waals surface area (Å²) in [5.41, 5.74) is 0. The van der Waals surface area contributed by atoms with Gasteiger partial charge in [0.1, 0.15) is 12.2 Å². The average molecular weight is 378 g/mol. The van der Waals surface area contributed by atoms with E-state index in [1.54, 1.807) is 0 Å². The first-order valence-corrected chi connectivity index (χ1v) is 9.44. The number of hydrogen-bond acceptors (Lipinski definition) is 7. The Morgan fingerprint density at radius 1 is 0.731 bits per heavy atom. The van der Waals surface area contributed by atoms with Crippen LogP contribution in [0.5, 0.6) is 0 Å². The number of aliphatic hydroxyl groups is 4. The summed E-state index contributed by atoms with van der Waals surface area (Å²) in [7, 11) is 0. The SMILES string of the molecule is CCCCCCCCCCCCOC(=O)[C@H](O)[C@@H](O)[C@@H](O)[C@H](O)C(=O)O. The van der Waals surface area contributed by atoms with E-state index in [4.69, 9.17) is 14.9 Å². The highest BCUT2D eigenvalue weighted by Gasteiger charge is 2.38. The minimum Gasteiger partial charge on any atom is -0.479 e. The number of rotatable bonds is 16. The number of unbranched alkanes of at least 4 members (excludes halogenated alkanes) is 9. The standard InChI is InChI=1S/C18H34O8/c1-2-3-4-5-6-7-8-9-10-11-12-26-18(25)16(22)14(20)13(19)15(21)17(23)24/h13-16,19-22H,2-12H2,1H3,(H,23,24)/t13-,14+,15+,16-/m1/s1. The van der Waals surface area contributed by atoms with Crippen LogP contribution in [0.25, 0.3) is 0 Å². The second-order valence-corrected chi connectivity index (χ2v) is 6.56. The van der Waals surface area contributed by atoms with Crippen molar-refractivity contribution in [1.29, 1.82) is 0 Å². The lowest BCUT2D eigenvalue weighted by Crippen LogP contribution is -2.50. The lowest BCUT2D eigenvalue weighted by atomic mass is 10.0. The van der Waals surface area contributed by atoms with Crippen LogP contribution in [0.2, 0.25) is 0 Å². The van der Waals surface area contributed by atoms with E-state index in [9.17, 15) is 24.9 Å². The number of carbonyl (C=O) groups excluding carboxylic acids is 1. The van der Waals surface area contributed by atoms with Crippen molar-refractivity contribution in [1.82, 2.24) is 0 Å². The van der Waals surface area contributed by atoms with Gasteiger partial charge in [-0.3, -0.25) is 0 Å². The van der Waals surface area contributed by atoms with Gasteiger partial charge in [0.2, 0.25) is 0 Å². The number of carboxylic acids is 1. The van der Waals surface area contributed by atoms with Gasteiger partial charge in [-0.25, -0.2) is 9.59 Å². The van der Waals surface area contributed by atoms with Crippen molar-refractivity contribution in [3.8, 4) is 0 Å². The van der Waals surface area contributed by atoms with Crippen LogP contribution in [0.1, 0.15) is 71.1 Å². The number of ether oxygens (including phenoxy) is 1. The summed E-state index contributed by atoms with van der Waals surface area (Å²) >= 11 is 0. The first-order valence-electron chi connectivity index (χ1n) is 9.44. The molecule has 0 aromatic carbocycles. The Balaban J connectivity index is 3.76. The van der Waals surface area contributed by atoms with Gasteiger partial charge in [-0.15, -0.1) is 0 Å². The average Bonchev–Trinajstić information content (AvgIpc) is 2.63. The predicted octanol–water partition coefficient (Wildman–Crippen LogP) is 0.979. The van der Waals surface area contributed by atoms with Crippen molar-refractivity contribution < 1.29 is 39.9 Å². The smallest absolute Gasteiger partial charge is 0.337 e. The number of carbonyl (C=O) groups is 2. The zero-order valence-corrected chi connectivity index (χ0v) is 15.5. The molecule has 0 aliphatic heterocycles. The third kappa shape index (κ3) is 10.7. The third-order valence-electron chi connectivity index (χ3n) is 4.23. The molecule has 0 heterocycles. The summed E-state index contributed by atoms with van der Waals surface area (Å²) in [5.74, 6) is -2.94. The third-order valence-corrected chi connectivity index (χ3v) is 4.23. The number of aliphatic carboxylic acids is 1. The summed E-state index contributed by atoms with van der Waals surface area (Å²) < 4.78 is 4.80. The minimum atomic E-state index is -2.31. The molecule has 8 nitrogen and oxygen atoms in total. The Kier molecular flexibility index (Phi) is 14.2. The summed E-state index contributed by atoms with van der Waals surface area (Å²) in [4.78, 5) is 22.1. The van der Waals surface area contributed by atoms with Crippen molar-refractivity contribution in [2.75, 3.05) is 6.61 Å². The molecule has 0 spiro atoms. The number of esters is 1. The van der Waals surface area contributed by atoms with Crippen molar-refractivity contribution in [2.45, 2.75) is 95.5 Å². The molecule has 154 valence electrons. The maximum absolute atomic E-state index is 11.6. The second-order valence-electron chi connectivity index (χ2n) is 6.56. The van der Waals surface area contributed by atoms with Crippen molar-refractivity contribution in [3.05, 3.63) is 0 Å². The van der Waals surface area contributed by atoms with Crippen LogP contribution in [0.4, 0.5) is 0 Å². The molecule has 0 saturated heterocycles. The molecular formula is C18H34O8. The molecule has 0 aliphatic rings. The zero-order valence-electron chi connectivity index (χ0n) is 15.5. The van der Waals surface area contributed by atoms with Crippen molar-refractivity contribution in [3.63, 3.8) is 0 Å². The fraction of sp³-hybridized carbons (Fsp3) is 0.889. The number of aliphatic hydroxyl groups excluding tert-OH is 4. The van der Waals surface area contributed by atoms with E-state index in [2.05, 4.69) is 6.92 Å². The van der Waals surface area contributed by atoms with Crippen LogP contribution in [-0.2, 0) is 14.3 Å². The second kappa shape index (κ2) is 14.9. The predicted molar refractivity (Wildman–Crippen MR) is 94.5 cm³/mol. The van der Waals surface area contributed by atoms with Gasteiger partial charge >= 0.3 is 11.9 Å². The summed E-state index contributed by atoms with van der Waals surface area (Å²) in [6, 6.07) is 0. The summed E-state index contributed by atoms with van der Waals surface area (Å²) in [6.07, 6.45) is 2.38. The van der Waals surface area contributed by atoms with Crippen LogP contribution in [-0.4, -0.2) is 68.5 Å². The molecule has 26 heavy (non-hydrogen) atoms. The van der Waals surface area contributed by atoms with Gasteiger partial charge in [-0.1, -0.05) is 64.7 Å². The molecule has 0 radical (unpaired) electrons. The van der Waals surface area contributed by atoms with E-state index < -0.39 is 36.4 Å². The van der Waals surface area contributed by atoms with Crippen molar-refractivity contribution in [2.24, 2.45) is 0 Å². The summed E-state index contributed by atoms with van der Waals surface area (Å²) in [5, 5.41) is 46.1. The number of carboxylic acid groups (broad SMARTS) is 1. The Morgan fingerprint density at radius 2 is 1.15 bits per heavy atom. The highest BCUT2D eigenvalue weighted by atomic mass is 16.5. The van der Waals surface area contributed by atoms with E-state index in [-0.39, 0.29) is 6.61 Å². The van der Waals surface area contributed by atoms with Gasteiger partial charge in [0.05, 0.1) is 6.61 Å². The molecule has 0 unspecified atom stereocenters. The van der Waals surface area contributed by atoms with E-state index in [0.717, 1.165) is 19.3 Å². The molecule has 0 bridgehead atoms. The Labute approximate surface area is 154 Å². The topological polar surface area (TPSA) is 145 Å². The molecule has 8 heteroatoms.